The molecule has 0 rings (SSSR count). The van der Waals surface area contributed by atoms with Crippen LogP contribution in [0.5, 0.6) is 0 Å². The van der Waals surface area contributed by atoms with Crippen LogP contribution in [0.1, 0.15) is 64.2 Å². The highest BCUT2D eigenvalue weighted by molar-refractivity contribution is 4.81. The summed E-state index contributed by atoms with van der Waals surface area (Å²) in [5, 5.41) is 26.4. The van der Waals surface area contributed by atoms with Gasteiger partial charge in [-0.05, 0) is 18.9 Å². The van der Waals surface area contributed by atoms with Gasteiger partial charge in [-0.3, -0.25) is 0 Å². The molecule has 0 bridgehead atoms. The number of hydrogen-bond acceptors (Lipinski definition) is 3. The Morgan fingerprint density at radius 1 is 0.765 bits per heavy atom. The van der Waals surface area contributed by atoms with Gasteiger partial charge < -0.3 is 15.3 Å². The van der Waals surface area contributed by atoms with E-state index in [1.54, 1.807) is 0 Å². The Morgan fingerprint density at radius 3 is 1.71 bits per heavy atom. The van der Waals surface area contributed by atoms with E-state index in [9.17, 15) is 5.11 Å². The summed E-state index contributed by atoms with van der Waals surface area (Å²) in [6.07, 6.45) is 13.2. The maximum absolute atomic E-state index is 9.31. The molecule has 0 spiro atoms. The lowest BCUT2D eigenvalue weighted by Crippen LogP contribution is -2.01. The van der Waals surface area contributed by atoms with Crippen molar-refractivity contribution in [3.8, 4) is 0 Å². The molecule has 0 aliphatic rings. The Balaban J connectivity index is 3.03. The third-order valence-electron chi connectivity index (χ3n) is 2.97. The predicted octanol–water partition coefficient (Wildman–Crippen LogP) is 3.31. The summed E-state index contributed by atoms with van der Waals surface area (Å²) < 4.78 is 0. The van der Waals surface area contributed by atoms with Gasteiger partial charge in [0.2, 0.25) is 0 Å². The average molecular weight is 244 g/mol. The number of rotatable bonds is 12. The molecule has 102 valence electrons. The van der Waals surface area contributed by atoms with Crippen molar-refractivity contribution in [1.82, 2.24) is 0 Å². The summed E-state index contributed by atoms with van der Waals surface area (Å²) in [7, 11) is 0. The second kappa shape index (κ2) is 13.5. The van der Waals surface area contributed by atoms with Crippen molar-refractivity contribution in [1.29, 1.82) is 0 Å². The Labute approximate surface area is 105 Å². The molecular weight excluding hydrogens is 216 g/mol. The second-order valence-electron chi connectivity index (χ2n) is 4.60. The summed E-state index contributed by atoms with van der Waals surface area (Å²) in [6.45, 7) is 0.324. The summed E-state index contributed by atoms with van der Waals surface area (Å²) in [4.78, 5) is 0. The molecule has 0 aromatic carbocycles. The van der Waals surface area contributed by atoms with E-state index in [4.69, 9.17) is 10.2 Å². The predicted molar refractivity (Wildman–Crippen MR) is 71.0 cm³/mol. The third-order valence-corrected chi connectivity index (χ3v) is 2.97. The van der Waals surface area contributed by atoms with Crippen molar-refractivity contribution < 1.29 is 15.3 Å². The summed E-state index contributed by atoms with van der Waals surface area (Å²) in [5.74, 6) is 0. The zero-order valence-corrected chi connectivity index (χ0v) is 10.9. The van der Waals surface area contributed by atoms with Gasteiger partial charge in [0.15, 0.2) is 0 Å². The minimum Gasteiger partial charge on any atom is -0.516 e. The normalized spacial score (nSPS) is 13.3. The van der Waals surface area contributed by atoms with E-state index >= 15 is 0 Å². The second-order valence-corrected chi connectivity index (χ2v) is 4.60. The van der Waals surface area contributed by atoms with E-state index in [0.717, 1.165) is 38.4 Å². The SMILES string of the molecule is OC=CC(O)CCCCCCCCCCCO. The van der Waals surface area contributed by atoms with Crippen LogP contribution in [0.3, 0.4) is 0 Å². The quantitative estimate of drug-likeness (QED) is 0.364. The van der Waals surface area contributed by atoms with E-state index in [1.807, 2.05) is 0 Å². The van der Waals surface area contributed by atoms with Gasteiger partial charge >= 0.3 is 0 Å². The Hall–Kier alpha value is -0.540. The van der Waals surface area contributed by atoms with Gasteiger partial charge in [-0.15, -0.1) is 0 Å². The summed E-state index contributed by atoms with van der Waals surface area (Å²) in [5.41, 5.74) is 0. The molecule has 3 nitrogen and oxygen atoms in total. The fraction of sp³-hybridized carbons (Fsp3) is 0.857. The standard InChI is InChI=1S/C14H28O3/c15-12-9-7-5-3-1-2-4-6-8-10-14(17)11-13-16/h11,13-17H,1-10,12H2. The molecule has 0 aromatic rings. The molecule has 0 fully saturated rings. The smallest absolute Gasteiger partial charge is 0.0777 e. The first-order valence-corrected chi connectivity index (χ1v) is 6.91. The lowest BCUT2D eigenvalue weighted by atomic mass is 10.1. The van der Waals surface area contributed by atoms with Crippen LogP contribution in [0.4, 0.5) is 0 Å². The van der Waals surface area contributed by atoms with Crippen molar-refractivity contribution in [3.05, 3.63) is 12.3 Å². The highest BCUT2D eigenvalue weighted by Crippen LogP contribution is 2.11. The highest BCUT2D eigenvalue weighted by Gasteiger charge is 1.98. The zero-order chi connectivity index (χ0) is 12.8. The minimum atomic E-state index is -0.488. The minimum absolute atomic E-state index is 0.324. The molecular formula is C14H28O3. The lowest BCUT2D eigenvalue weighted by molar-refractivity contribution is 0.205. The number of aliphatic hydroxyl groups is 3. The van der Waals surface area contributed by atoms with Gasteiger partial charge in [-0.25, -0.2) is 0 Å². The monoisotopic (exact) mass is 244 g/mol. The first-order chi connectivity index (χ1) is 8.31. The van der Waals surface area contributed by atoms with Gasteiger partial charge in [0.25, 0.3) is 0 Å². The lowest BCUT2D eigenvalue weighted by Gasteiger charge is -2.04. The zero-order valence-electron chi connectivity index (χ0n) is 10.9. The molecule has 0 saturated heterocycles. The number of unbranched alkanes of at least 4 members (excludes halogenated alkanes) is 8. The van der Waals surface area contributed by atoms with Gasteiger partial charge in [-0.1, -0.05) is 51.4 Å². The molecule has 0 saturated carbocycles. The fourth-order valence-corrected chi connectivity index (χ4v) is 1.90. The largest absolute Gasteiger partial charge is 0.516 e. The molecule has 0 aromatic heterocycles. The fourth-order valence-electron chi connectivity index (χ4n) is 1.90. The molecule has 0 heterocycles. The van der Waals surface area contributed by atoms with E-state index in [2.05, 4.69) is 0 Å². The molecule has 3 heteroatoms. The van der Waals surface area contributed by atoms with Crippen LogP contribution in [0.25, 0.3) is 0 Å². The van der Waals surface area contributed by atoms with Crippen LogP contribution in [0, 0.1) is 0 Å². The van der Waals surface area contributed by atoms with Crippen molar-refractivity contribution in [2.75, 3.05) is 6.61 Å². The molecule has 0 radical (unpaired) electrons. The maximum atomic E-state index is 9.31. The molecule has 0 aliphatic heterocycles. The molecule has 17 heavy (non-hydrogen) atoms. The third kappa shape index (κ3) is 13.4. The summed E-state index contributed by atoms with van der Waals surface area (Å²) >= 11 is 0. The van der Waals surface area contributed by atoms with Crippen LogP contribution < -0.4 is 0 Å². The molecule has 1 atom stereocenters. The van der Waals surface area contributed by atoms with Crippen LogP contribution in [-0.2, 0) is 0 Å². The molecule has 0 amide bonds. The average Bonchev–Trinajstić information content (AvgIpc) is 2.32. The van der Waals surface area contributed by atoms with Gasteiger partial charge in [0.05, 0.1) is 12.4 Å². The number of hydrogen-bond donors (Lipinski definition) is 3. The Kier molecular flexibility index (Phi) is 13.1. The molecule has 3 N–H and O–H groups in total. The summed E-state index contributed by atoms with van der Waals surface area (Å²) in [6, 6.07) is 0. The van der Waals surface area contributed by atoms with Crippen molar-refractivity contribution >= 4 is 0 Å². The van der Waals surface area contributed by atoms with Crippen molar-refractivity contribution in [2.24, 2.45) is 0 Å². The maximum Gasteiger partial charge on any atom is 0.0777 e. The van der Waals surface area contributed by atoms with Gasteiger partial charge in [0.1, 0.15) is 0 Å². The first-order valence-electron chi connectivity index (χ1n) is 6.91. The molecule has 0 aliphatic carbocycles. The van der Waals surface area contributed by atoms with Crippen LogP contribution in [0.15, 0.2) is 12.3 Å². The van der Waals surface area contributed by atoms with E-state index in [0.29, 0.717) is 6.61 Å². The Bertz CT molecular complexity index is 169. The Morgan fingerprint density at radius 2 is 1.24 bits per heavy atom. The number of aliphatic hydroxyl groups excluding tert-OH is 3. The van der Waals surface area contributed by atoms with Crippen molar-refractivity contribution in [2.45, 2.75) is 70.3 Å². The van der Waals surface area contributed by atoms with E-state index in [1.165, 1.54) is 38.2 Å². The van der Waals surface area contributed by atoms with Gasteiger partial charge in [-0.2, -0.15) is 0 Å². The first kappa shape index (κ1) is 16.5. The van der Waals surface area contributed by atoms with Crippen LogP contribution in [-0.4, -0.2) is 28.0 Å². The van der Waals surface area contributed by atoms with E-state index < -0.39 is 6.10 Å². The van der Waals surface area contributed by atoms with Gasteiger partial charge in [0, 0.05) is 6.61 Å². The highest BCUT2D eigenvalue weighted by atomic mass is 16.3. The topological polar surface area (TPSA) is 60.7 Å². The molecule has 1 unspecified atom stereocenters. The van der Waals surface area contributed by atoms with Crippen LogP contribution in [0.2, 0.25) is 0 Å². The van der Waals surface area contributed by atoms with Crippen LogP contribution >= 0.6 is 0 Å². The van der Waals surface area contributed by atoms with Crippen molar-refractivity contribution in [3.63, 3.8) is 0 Å². The van der Waals surface area contributed by atoms with E-state index in [-0.39, 0.29) is 0 Å².